The molecule has 0 aliphatic carbocycles. The van der Waals surface area contributed by atoms with Crippen LogP contribution in [0.4, 0.5) is 23.7 Å². The Balaban J connectivity index is 1.80. The number of rotatable bonds is 3. The van der Waals surface area contributed by atoms with E-state index in [9.17, 15) is 27.6 Å². The van der Waals surface area contributed by atoms with Crippen molar-refractivity contribution in [1.82, 2.24) is 9.88 Å². The smallest absolute Gasteiger partial charge is 0.347 e. The van der Waals surface area contributed by atoms with Gasteiger partial charge in [0.15, 0.2) is 0 Å². The standard InChI is InChI=1S/C22H16F3N3O3/c1-2-27-12-13(16-8-3-4-9-18(16)27)10-17-19(29)26-21(31)28(20(17)30)15-7-5-6-14(11-15)22(23,24)25/h3-12H,2H2,1H3,(H,26,29,31). The molecule has 4 amide bonds. The molecule has 1 aliphatic heterocycles. The topological polar surface area (TPSA) is 71.4 Å². The summed E-state index contributed by atoms with van der Waals surface area (Å²) in [5.74, 6) is -1.91. The van der Waals surface area contributed by atoms with Crippen molar-refractivity contribution in [2.75, 3.05) is 4.90 Å². The van der Waals surface area contributed by atoms with Gasteiger partial charge in [-0.2, -0.15) is 13.2 Å². The molecule has 3 aromatic rings. The number of hydrogen-bond donors (Lipinski definition) is 1. The van der Waals surface area contributed by atoms with Crippen LogP contribution in [0.5, 0.6) is 0 Å². The van der Waals surface area contributed by atoms with Crippen molar-refractivity contribution >= 4 is 40.5 Å². The maximum Gasteiger partial charge on any atom is 0.416 e. The molecule has 1 fully saturated rings. The number of nitrogens with zero attached hydrogens (tertiary/aromatic N) is 2. The van der Waals surface area contributed by atoms with Crippen LogP contribution in [0.2, 0.25) is 0 Å². The molecular formula is C22H16F3N3O3. The molecule has 9 heteroatoms. The Morgan fingerprint density at radius 2 is 1.77 bits per heavy atom. The minimum Gasteiger partial charge on any atom is -0.347 e. The predicted molar refractivity (Wildman–Crippen MR) is 108 cm³/mol. The maximum atomic E-state index is 13.1. The fraction of sp³-hybridized carbons (Fsp3) is 0.136. The third-order valence-corrected chi connectivity index (χ3v) is 4.99. The quantitative estimate of drug-likeness (QED) is 0.499. The van der Waals surface area contributed by atoms with Gasteiger partial charge in [0.05, 0.1) is 11.3 Å². The molecule has 6 nitrogen and oxygen atoms in total. The number of benzene rings is 2. The predicted octanol–water partition coefficient (Wildman–Crippen LogP) is 4.35. The third-order valence-electron chi connectivity index (χ3n) is 4.99. The van der Waals surface area contributed by atoms with Crippen molar-refractivity contribution in [3.63, 3.8) is 0 Å². The first-order valence-corrected chi connectivity index (χ1v) is 9.37. The van der Waals surface area contributed by atoms with Gasteiger partial charge in [0.25, 0.3) is 11.8 Å². The third kappa shape index (κ3) is 3.58. The minimum absolute atomic E-state index is 0.285. The van der Waals surface area contributed by atoms with Crippen molar-refractivity contribution < 1.29 is 27.6 Å². The van der Waals surface area contributed by atoms with Crippen LogP contribution in [-0.4, -0.2) is 22.4 Å². The number of urea groups is 1. The van der Waals surface area contributed by atoms with E-state index >= 15 is 0 Å². The number of hydrogen-bond acceptors (Lipinski definition) is 3. The van der Waals surface area contributed by atoms with E-state index in [0.29, 0.717) is 23.1 Å². The number of para-hydroxylation sites is 1. The Labute approximate surface area is 174 Å². The van der Waals surface area contributed by atoms with E-state index in [1.165, 1.54) is 12.1 Å². The Kier molecular flexibility index (Phi) is 4.88. The average Bonchev–Trinajstić information content (AvgIpc) is 3.08. The van der Waals surface area contributed by atoms with Crippen LogP contribution in [0.3, 0.4) is 0 Å². The highest BCUT2D eigenvalue weighted by Crippen LogP contribution is 2.33. The zero-order valence-corrected chi connectivity index (χ0v) is 16.2. The van der Waals surface area contributed by atoms with Gasteiger partial charge in [-0.3, -0.25) is 14.9 Å². The SMILES string of the molecule is CCn1cc(C=C2C(=O)NC(=O)N(c3cccc(C(F)(F)F)c3)C2=O)c2ccccc21. The summed E-state index contributed by atoms with van der Waals surface area (Å²) in [6, 6.07) is 10.1. The van der Waals surface area contributed by atoms with Gasteiger partial charge in [0, 0.05) is 29.2 Å². The van der Waals surface area contributed by atoms with E-state index in [4.69, 9.17) is 0 Å². The molecule has 2 heterocycles. The van der Waals surface area contributed by atoms with Gasteiger partial charge in [-0.1, -0.05) is 24.3 Å². The molecule has 0 spiro atoms. The number of aromatic nitrogens is 1. The summed E-state index contributed by atoms with van der Waals surface area (Å²) in [5.41, 5.74) is -0.178. The summed E-state index contributed by atoms with van der Waals surface area (Å²) in [7, 11) is 0. The van der Waals surface area contributed by atoms with Crippen LogP contribution >= 0.6 is 0 Å². The number of imide groups is 2. The Morgan fingerprint density at radius 3 is 2.48 bits per heavy atom. The molecule has 0 radical (unpaired) electrons. The fourth-order valence-corrected chi connectivity index (χ4v) is 3.52. The Bertz CT molecular complexity index is 1260. The Hall–Kier alpha value is -3.88. The first-order chi connectivity index (χ1) is 14.7. The summed E-state index contributed by atoms with van der Waals surface area (Å²) in [5, 5.41) is 2.82. The first kappa shape index (κ1) is 20.4. The lowest BCUT2D eigenvalue weighted by atomic mass is 10.1. The number of carbonyl (C=O) groups excluding carboxylic acids is 3. The molecule has 158 valence electrons. The van der Waals surface area contributed by atoms with Crippen LogP contribution in [0.15, 0.2) is 60.3 Å². The number of fused-ring (bicyclic) bond motifs is 1. The van der Waals surface area contributed by atoms with Gasteiger partial charge in [-0.25, -0.2) is 9.69 Å². The van der Waals surface area contributed by atoms with E-state index < -0.39 is 29.6 Å². The number of nitrogens with one attached hydrogen (secondary N) is 1. The molecule has 1 saturated heterocycles. The lowest BCUT2D eigenvalue weighted by Crippen LogP contribution is -2.54. The van der Waals surface area contributed by atoms with Crippen LogP contribution in [-0.2, 0) is 22.3 Å². The number of halogens is 3. The molecule has 1 aliphatic rings. The van der Waals surface area contributed by atoms with Crippen molar-refractivity contribution in [2.24, 2.45) is 0 Å². The second kappa shape index (κ2) is 7.42. The first-order valence-electron chi connectivity index (χ1n) is 9.37. The number of barbiturate groups is 1. The molecule has 0 atom stereocenters. The number of alkyl halides is 3. The molecule has 1 aromatic heterocycles. The zero-order valence-electron chi connectivity index (χ0n) is 16.2. The van der Waals surface area contributed by atoms with Crippen LogP contribution in [0.1, 0.15) is 18.1 Å². The van der Waals surface area contributed by atoms with E-state index in [0.717, 1.165) is 23.0 Å². The van der Waals surface area contributed by atoms with Gasteiger partial charge in [0.2, 0.25) is 0 Å². The summed E-state index contributed by atoms with van der Waals surface area (Å²) < 4.78 is 41.1. The van der Waals surface area contributed by atoms with E-state index in [1.54, 1.807) is 6.20 Å². The minimum atomic E-state index is -4.65. The molecule has 2 aromatic carbocycles. The van der Waals surface area contributed by atoms with Gasteiger partial charge < -0.3 is 4.57 Å². The summed E-state index contributed by atoms with van der Waals surface area (Å²) in [6.45, 7) is 2.59. The van der Waals surface area contributed by atoms with Gasteiger partial charge in [0.1, 0.15) is 5.57 Å². The van der Waals surface area contributed by atoms with E-state index in [1.807, 2.05) is 41.1 Å². The molecule has 1 N–H and O–H groups in total. The second-order valence-corrected chi connectivity index (χ2v) is 6.89. The van der Waals surface area contributed by atoms with Gasteiger partial charge in [-0.15, -0.1) is 0 Å². The lowest BCUT2D eigenvalue weighted by Gasteiger charge is -2.26. The van der Waals surface area contributed by atoms with Crippen LogP contribution in [0.25, 0.3) is 17.0 Å². The van der Waals surface area contributed by atoms with E-state index in [2.05, 4.69) is 0 Å². The summed E-state index contributed by atoms with van der Waals surface area (Å²) in [4.78, 5) is 38.2. The zero-order chi connectivity index (χ0) is 22.3. The van der Waals surface area contributed by atoms with Gasteiger partial charge >= 0.3 is 12.2 Å². The molecule has 0 saturated carbocycles. The van der Waals surface area contributed by atoms with Crippen molar-refractivity contribution in [3.05, 3.63) is 71.4 Å². The fourth-order valence-electron chi connectivity index (χ4n) is 3.52. The van der Waals surface area contributed by atoms with Crippen molar-refractivity contribution in [1.29, 1.82) is 0 Å². The van der Waals surface area contributed by atoms with Crippen molar-refractivity contribution in [2.45, 2.75) is 19.6 Å². The highest BCUT2D eigenvalue weighted by Gasteiger charge is 2.38. The molecule has 0 unspecified atom stereocenters. The highest BCUT2D eigenvalue weighted by atomic mass is 19.4. The highest BCUT2D eigenvalue weighted by molar-refractivity contribution is 6.39. The maximum absolute atomic E-state index is 13.1. The second-order valence-electron chi connectivity index (χ2n) is 6.89. The normalized spacial score (nSPS) is 16.3. The van der Waals surface area contributed by atoms with Gasteiger partial charge in [-0.05, 0) is 37.3 Å². The number of amides is 4. The van der Waals surface area contributed by atoms with Crippen LogP contribution in [0, 0.1) is 0 Å². The van der Waals surface area contributed by atoms with Crippen molar-refractivity contribution in [3.8, 4) is 0 Å². The number of aryl methyl sites for hydroxylation is 1. The van der Waals surface area contributed by atoms with E-state index in [-0.39, 0.29) is 11.3 Å². The van der Waals surface area contributed by atoms with Crippen LogP contribution < -0.4 is 10.2 Å². The molecule has 4 rings (SSSR count). The summed E-state index contributed by atoms with van der Waals surface area (Å²) in [6.07, 6.45) is -1.54. The molecular weight excluding hydrogens is 411 g/mol. The monoisotopic (exact) mass is 427 g/mol. The molecule has 31 heavy (non-hydrogen) atoms. The number of anilines is 1. The Morgan fingerprint density at radius 1 is 1.03 bits per heavy atom. The summed E-state index contributed by atoms with van der Waals surface area (Å²) >= 11 is 0. The lowest BCUT2D eigenvalue weighted by molar-refractivity contribution is -0.137. The molecule has 0 bridgehead atoms. The number of carbonyl (C=O) groups is 3. The average molecular weight is 427 g/mol. The largest absolute Gasteiger partial charge is 0.416 e.